The summed E-state index contributed by atoms with van der Waals surface area (Å²) in [6.07, 6.45) is 3.84. The van der Waals surface area contributed by atoms with Crippen LogP contribution in [0, 0.1) is 6.92 Å². The summed E-state index contributed by atoms with van der Waals surface area (Å²) in [5.74, 6) is -0.257. The van der Waals surface area contributed by atoms with Gasteiger partial charge in [-0.05, 0) is 31.9 Å². The molecule has 0 spiro atoms. The van der Waals surface area contributed by atoms with Crippen molar-refractivity contribution in [2.75, 3.05) is 0 Å². The highest BCUT2D eigenvalue weighted by Gasteiger charge is 2.21. The Balaban J connectivity index is 2.02. The summed E-state index contributed by atoms with van der Waals surface area (Å²) in [7, 11) is 0. The number of aromatic nitrogens is 1. The van der Waals surface area contributed by atoms with Crippen molar-refractivity contribution < 1.29 is 23.5 Å². The van der Waals surface area contributed by atoms with Crippen LogP contribution < -0.4 is 5.32 Å². The Morgan fingerprint density at radius 1 is 1.52 bits per heavy atom. The third-order valence-corrected chi connectivity index (χ3v) is 3.25. The standard InChI is InChI=1S/C16H18N2O5/c1-3-4-6-11(16(20)21)17-14(19)9-12-10(2)23-15(18-12)13-7-5-8-22-13/h3,5,7-8,11H,1,4,6,9H2,2H3,(H,17,19)(H,20,21). The highest BCUT2D eigenvalue weighted by Crippen LogP contribution is 2.22. The fourth-order valence-corrected chi connectivity index (χ4v) is 2.04. The SMILES string of the molecule is C=CCCC(NC(=O)Cc1nc(-c2ccco2)oc1C)C(=O)O. The maximum absolute atomic E-state index is 12.0. The van der Waals surface area contributed by atoms with E-state index in [0.717, 1.165) is 0 Å². The average molecular weight is 318 g/mol. The Morgan fingerprint density at radius 2 is 2.30 bits per heavy atom. The summed E-state index contributed by atoms with van der Waals surface area (Å²) in [6, 6.07) is 2.46. The van der Waals surface area contributed by atoms with Crippen molar-refractivity contribution in [1.82, 2.24) is 10.3 Å². The zero-order chi connectivity index (χ0) is 16.8. The zero-order valence-electron chi connectivity index (χ0n) is 12.7. The number of carbonyl (C=O) groups is 2. The number of furan rings is 1. The maximum atomic E-state index is 12.0. The predicted octanol–water partition coefficient (Wildman–Crippen LogP) is 2.32. The molecule has 2 aromatic rings. The molecule has 7 nitrogen and oxygen atoms in total. The van der Waals surface area contributed by atoms with Gasteiger partial charge in [0.15, 0.2) is 5.76 Å². The average Bonchev–Trinajstić information content (AvgIpc) is 3.13. The van der Waals surface area contributed by atoms with Crippen LogP contribution in [0.5, 0.6) is 0 Å². The molecule has 2 aromatic heterocycles. The number of hydrogen-bond acceptors (Lipinski definition) is 5. The molecule has 0 radical (unpaired) electrons. The molecule has 2 rings (SSSR count). The van der Waals surface area contributed by atoms with Crippen molar-refractivity contribution in [3.8, 4) is 11.7 Å². The molecule has 0 saturated carbocycles. The van der Waals surface area contributed by atoms with E-state index in [9.17, 15) is 9.59 Å². The predicted molar refractivity (Wildman–Crippen MR) is 81.6 cm³/mol. The first-order valence-electron chi connectivity index (χ1n) is 7.14. The summed E-state index contributed by atoms with van der Waals surface area (Å²) >= 11 is 0. The molecule has 0 aliphatic carbocycles. The van der Waals surface area contributed by atoms with Gasteiger partial charge >= 0.3 is 5.97 Å². The lowest BCUT2D eigenvalue weighted by atomic mass is 10.1. The largest absolute Gasteiger partial charge is 0.480 e. The van der Waals surface area contributed by atoms with Crippen LogP contribution in [0.25, 0.3) is 11.7 Å². The summed E-state index contributed by atoms with van der Waals surface area (Å²) < 4.78 is 10.7. The van der Waals surface area contributed by atoms with E-state index in [4.69, 9.17) is 13.9 Å². The lowest BCUT2D eigenvalue weighted by Crippen LogP contribution is -2.41. The minimum Gasteiger partial charge on any atom is -0.480 e. The molecule has 0 saturated heterocycles. The van der Waals surface area contributed by atoms with E-state index in [2.05, 4.69) is 16.9 Å². The van der Waals surface area contributed by atoms with E-state index in [1.807, 2.05) is 0 Å². The van der Waals surface area contributed by atoms with Gasteiger partial charge in [-0.2, -0.15) is 0 Å². The molecule has 1 atom stereocenters. The van der Waals surface area contributed by atoms with Gasteiger partial charge in [0.1, 0.15) is 11.8 Å². The smallest absolute Gasteiger partial charge is 0.326 e. The van der Waals surface area contributed by atoms with Crippen LogP contribution in [0.1, 0.15) is 24.3 Å². The fraction of sp³-hybridized carbons (Fsp3) is 0.312. The summed E-state index contributed by atoms with van der Waals surface area (Å²) in [5, 5.41) is 11.6. The summed E-state index contributed by atoms with van der Waals surface area (Å²) in [6.45, 7) is 5.23. The number of carbonyl (C=O) groups excluding carboxylic acids is 1. The molecule has 23 heavy (non-hydrogen) atoms. The minimum atomic E-state index is -1.08. The molecular formula is C16H18N2O5. The Kier molecular flexibility index (Phi) is 5.35. The molecule has 122 valence electrons. The van der Waals surface area contributed by atoms with Gasteiger partial charge in [0.05, 0.1) is 18.4 Å². The van der Waals surface area contributed by atoms with Crippen LogP contribution in [0.15, 0.2) is 39.9 Å². The zero-order valence-corrected chi connectivity index (χ0v) is 12.7. The number of hydrogen-bond donors (Lipinski definition) is 2. The maximum Gasteiger partial charge on any atom is 0.326 e. The third kappa shape index (κ3) is 4.32. The topological polar surface area (TPSA) is 106 Å². The first kappa shape index (κ1) is 16.5. The lowest BCUT2D eigenvalue weighted by Gasteiger charge is -2.13. The highest BCUT2D eigenvalue weighted by molar-refractivity contribution is 5.84. The number of oxazole rings is 1. The molecular weight excluding hydrogens is 300 g/mol. The lowest BCUT2D eigenvalue weighted by molar-refractivity contribution is -0.141. The van der Waals surface area contributed by atoms with E-state index in [-0.39, 0.29) is 12.3 Å². The molecule has 1 amide bonds. The van der Waals surface area contributed by atoms with Gasteiger partial charge in [-0.25, -0.2) is 9.78 Å². The number of nitrogens with zero attached hydrogens (tertiary/aromatic N) is 1. The quantitative estimate of drug-likeness (QED) is 0.724. The van der Waals surface area contributed by atoms with Gasteiger partial charge in [-0.3, -0.25) is 4.79 Å². The van der Waals surface area contributed by atoms with E-state index in [1.165, 1.54) is 6.26 Å². The first-order chi connectivity index (χ1) is 11.0. The van der Waals surface area contributed by atoms with Crippen LogP contribution >= 0.6 is 0 Å². The third-order valence-electron chi connectivity index (χ3n) is 3.25. The highest BCUT2D eigenvalue weighted by atomic mass is 16.4. The number of allylic oxidation sites excluding steroid dienone is 1. The molecule has 0 bridgehead atoms. The van der Waals surface area contributed by atoms with E-state index in [0.29, 0.717) is 30.1 Å². The molecule has 0 aliphatic heterocycles. The number of amides is 1. The second-order valence-corrected chi connectivity index (χ2v) is 5.00. The van der Waals surface area contributed by atoms with Crippen LogP contribution in [-0.2, 0) is 16.0 Å². The van der Waals surface area contributed by atoms with Crippen LogP contribution in [0.4, 0.5) is 0 Å². The van der Waals surface area contributed by atoms with E-state index in [1.54, 1.807) is 25.1 Å². The summed E-state index contributed by atoms with van der Waals surface area (Å²) in [5.41, 5.74) is 0.446. The number of aliphatic carboxylic acids is 1. The van der Waals surface area contributed by atoms with Gasteiger partial charge in [-0.15, -0.1) is 6.58 Å². The van der Waals surface area contributed by atoms with Crippen molar-refractivity contribution in [2.45, 2.75) is 32.2 Å². The number of carboxylic acid groups (broad SMARTS) is 1. The molecule has 1 unspecified atom stereocenters. The Labute approximate surface area is 133 Å². The van der Waals surface area contributed by atoms with Crippen molar-refractivity contribution in [2.24, 2.45) is 0 Å². The number of rotatable bonds is 8. The monoisotopic (exact) mass is 318 g/mol. The van der Waals surface area contributed by atoms with Crippen molar-refractivity contribution >= 4 is 11.9 Å². The second kappa shape index (κ2) is 7.44. The van der Waals surface area contributed by atoms with Crippen molar-refractivity contribution in [1.29, 1.82) is 0 Å². The Bertz CT molecular complexity index is 687. The second-order valence-electron chi connectivity index (χ2n) is 5.00. The van der Waals surface area contributed by atoms with Gasteiger partial charge in [0.25, 0.3) is 5.89 Å². The van der Waals surface area contributed by atoms with Gasteiger partial charge in [0, 0.05) is 0 Å². The van der Waals surface area contributed by atoms with Gasteiger partial charge in [0.2, 0.25) is 5.91 Å². The normalized spacial score (nSPS) is 11.9. The molecule has 0 aliphatic rings. The van der Waals surface area contributed by atoms with Crippen LogP contribution in [0.3, 0.4) is 0 Å². The Hall–Kier alpha value is -2.83. The molecule has 0 fully saturated rings. The van der Waals surface area contributed by atoms with E-state index < -0.39 is 17.9 Å². The molecule has 7 heteroatoms. The minimum absolute atomic E-state index is 0.0616. The summed E-state index contributed by atoms with van der Waals surface area (Å²) in [4.78, 5) is 27.4. The molecule has 2 N–H and O–H groups in total. The molecule has 0 aromatic carbocycles. The number of aryl methyl sites for hydroxylation is 1. The Morgan fingerprint density at radius 3 is 2.91 bits per heavy atom. The van der Waals surface area contributed by atoms with E-state index >= 15 is 0 Å². The van der Waals surface area contributed by atoms with Gasteiger partial charge < -0.3 is 19.3 Å². The number of nitrogens with one attached hydrogen (secondary N) is 1. The van der Waals surface area contributed by atoms with Crippen LogP contribution in [-0.4, -0.2) is 28.0 Å². The fourth-order valence-electron chi connectivity index (χ4n) is 2.04. The van der Waals surface area contributed by atoms with Crippen molar-refractivity contribution in [3.63, 3.8) is 0 Å². The molecule has 2 heterocycles. The number of carboxylic acids is 1. The first-order valence-corrected chi connectivity index (χ1v) is 7.14. The van der Waals surface area contributed by atoms with Crippen molar-refractivity contribution in [3.05, 3.63) is 42.5 Å². The van der Waals surface area contributed by atoms with Crippen LogP contribution in [0.2, 0.25) is 0 Å². The van der Waals surface area contributed by atoms with Gasteiger partial charge in [-0.1, -0.05) is 6.08 Å².